The maximum Gasteiger partial charge on any atom is 0.277 e. The average molecular weight is 435 g/mol. The Labute approximate surface area is 185 Å². The zero-order valence-corrected chi connectivity index (χ0v) is 18.5. The summed E-state index contributed by atoms with van der Waals surface area (Å²) in [6.07, 6.45) is 2.62. The first-order valence-corrected chi connectivity index (χ1v) is 11.7. The average Bonchev–Trinajstić information content (AvgIpc) is 3.52. The molecule has 3 aromatic rings. The van der Waals surface area contributed by atoms with Crippen molar-refractivity contribution in [2.75, 3.05) is 39.3 Å². The molecule has 0 radical (unpaired) electrons. The lowest BCUT2D eigenvalue weighted by molar-refractivity contribution is -0.137. The summed E-state index contributed by atoms with van der Waals surface area (Å²) in [5, 5.41) is 3.10. The molecule has 31 heavy (non-hydrogen) atoms. The molecule has 0 spiro atoms. The Morgan fingerprint density at radius 2 is 1.81 bits per heavy atom. The smallest absolute Gasteiger partial charge is 0.277 e. The van der Waals surface area contributed by atoms with Crippen molar-refractivity contribution in [1.29, 1.82) is 0 Å². The van der Waals surface area contributed by atoms with Crippen LogP contribution in [-0.2, 0) is 16.0 Å². The summed E-state index contributed by atoms with van der Waals surface area (Å²) in [5.74, 6) is -0.321. The first-order chi connectivity index (χ1) is 15.2. The number of para-hydroxylation sites is 1. The van der Waals surface area contributed by atoms with Crippen LogP contribution < -0.4 is 0 Å². The van der Waals surface area contributed by atoms with Gasteiger partial charge in [-0.2, -0.15) is 0 Å². The SMILES string of the molecule is CCN1CCN(C2=C(c3cccs3)C(=O)N(CCc3c[nH]c4ccccc34)C2=O)CC1. The van der Waals surface area contributed by atoms with Gasteiger partial charge in [0.05, 0.1) is 5.57 Å². The summed E-state index contributed by atoms with van der Waals surface area (Å²) >= 11 is 1.52. The Bertz CT molecular complexity index is 1140. The highest BCUT2D eigenvalue weighted by Gasteiger charge is 2.42. The predicted octanol–water partition coefficient (Wildman–Crippen LogP) is 3.19. The summed E-state index contributed by atoms with van der Waals surface area (Å²) < 4.78 is 0. The molecule has 2 amide bonds. The van der Waals surface area contributed by atoms with Crippen molar-refractivity contribution in [2.24, 2.45) is 0 Å². The molecule has 5 rings (SSSR count). The molecule has 4 heterocycles. The molecule has 0 saturated carbocycles. The van der Waals surface area contributed by atoms with E-state index in [1.54, 1.807) is 0 Å². The van der Waals surface area contributed by atoms with Gasteiger partial charge in [0.1, 0.15) is 5.70 Å². The number of rotatable bonds is 6. The highest BCUT2D eigenvalue weighted by atomic mass is 32.1. The van der Waals surface area contributed by atoms with E-state index >= 15 is 0 Å². The summed E-state index contributed by atoms with van der Waals surface area (Å²) in [5.41, 5.74) is 3.35. The van der Waals surface area contributed by atoms with Gasteiger partial charge in [-0.3, -0.25) is 14.5 Å². The van der Waals surface area contributed by atoms with Gasteiger partial charge in [-0.15, -0.1) is 11.3 Å². The number of nitrogens with one attached hydrogen (secondary N) is 1. The van der Waals surface area contributed by atoms with E-state index in [9.17, 15) is 9.59 Å². The van der Waals surface area contributed by atoms with Crippen molar-refractivity contribution in [3.05, 3.63) is 64.1 Å². The van der Waals surface area contributed by atoms with Gasteiger partial charge in [0.25, 0.3) is 11.8 Å². The number of imide groups is 1. The number of carbonyl (C=O) groups excluding carboxylic acids is 2. The number of thiophene rings is 1. The Balaban J connectivity index is 1.41. The molecule has 0 atom stereocenters. The van der Waals surface area contributed by atoms with Crippen LogP contribution in [0.5, 0.6) is 0 Å². The van der Waals surface area contributed by atoms with Gasteiger partial charge >= 0.3 is 0 Å². The highest BCUT2D eigenvalue weighted by molar-refractivity contribution is 7.11. The second-order valence-corrected chi connectivity index (χ2v) is 8.94. The van der Waals surface area contributed by atoms with Gasteiger partial charge in [-0.1, -0.05) is 31.2 Å². The van der Waals surface area contributed by atoms with Crippen LogP contribution in [0.15, 0.2) is 53.7 Å². The van der Waals surface area contributed by atoms with Crippen LogP contribution in [-0.4, -0.2) is 70.8 Å². The van der Waals surface area contributed by atoms with Crippen LogP contribution in [0.4, 0.5) is 0 Å². The zero-order chi connectivity index (χ0) is 21.4. The van der Waals surface area contributed by atoms with Crippen molar-refractivity contribution in [3.8, 4) is 0 Å². The highest BCUT2D eigenvalue weighted by Crippen LogP contribution is 2.34. The molecule has 2 aromatic heterocycles. The molecule has 160 valence electrons. The van der Waals surface area contributed by atoms with Gasteiger partial charge in [0.2, 0.25) is 0 Å². The number of aromatic nitrogens is 1. The maximum absolute atomic E-state index is 13.5. The van der Waals surface area contributed by atoms with Crippen molar-refractivity contribution in [2.45, 2.75) is 13.3 Å². The van der Waals surface area contributed by atoms with E-state index in [0.717, 1.165) is 54.1 Å². The van der Waals surface area contributed by atoms with Crippen LogP contribution in [0.1, 0.15) is 17.4 Å². The number of H-pyrrole nitrogens is 1. The normalized spacial score (nSPS) is 18.1. The monoisotopic (exact) mass is 434 g/mol. The molecule has 1 aromatic carbocycles. The van der Waals surface area contributed by atoms with Crippen molar-refractivity contribution in [1.82, 2.24) is 19.7 Å². The largest absolute Gasteiger partial charge is 0.364 e. The minimum absolute atomic E-state index is 0.154. The summed E-state index contributed by atoms with van der Waals surface area (Å²) in [4.78, 5) is 37.0. The minimum Gasteiger partial charge on any atom is -0.364 e. The lowest BCUT2D eigenvalue weighted by Crippen LogP contribution is -2.47. The van der Waals surface area contributed by atoms with E-state index in [1.807, 2.05) is 41.9 Å². The fraction of sp³-hybridized carbons (Fsp3) is 0.333. The van der Waals surface area contributed by atoms with Crippen LogP contribution in [0.3, 0.4) is 0 Å². The minimum atomic E-state index is -0.166. The molecule has 1 fully saturated rings. The number of piperazine rings is 1. The Morgan fingerprint density at radius 1 is 1.00 bits per heavy atom. The van der Waals surface area contributed by atoms with E-state index in [-0.39, 0.29) is 11.8 Å². The van der Waals surface area contributed by atoms with Crippen LogP contribution in [0.2, 0.25) is 0 Å². The number of likely N-dealkylation sites (N-methyl/N-ethyl adjacent to an activating group) is 1. The zero-order valence-electron chi connectivity index (χ0n) is 17.6. The Kier molecular flexibility index (Phi) is 5.38. The van der Waals surface area contributed by atoms with E-state index < -0.39 is 0 Å². The molecule has 0 aliphatic carbocycles. The van der Waals surface area contributed by atoms with Crippen molar-refractivity contribution in [3.63, 3.8) is 0 Å². The number of amides is 2. The van der Waals surface area contributed by atoms with Crippen LogP contribution in [0.25, 0.3) is 16.5 Å². The van der Waals surface area contributed by atoms with Crippen LogP contribution in [0, 0.1) is 0 Å². The number of hydrogen-bond acceptors (Lipinski definition) is 5. The number of fused-ring (bicyclic) bond motifs is 1. The van der Waals surface area contributed by atoms with Gasteiger partial charge in [-0.25, -0.2) is 0 Å². The van der Waals surface area contributed by atoms with Gasteiger partial charge in [0.15, 0.2) is 0 Å². The standard InChI is InChI=1S/C24H26N4O2S/c1-2-26-11-13-27(14-12-26)22-21(20-8-5-15-31-20)23(29)28(24(22)30)10-9-17-16-25-19-7-4-3-6-18(17)19/h3-8,15-16,25H,2,9-14H2,1H3. The molecule has 1 N–H and O–H groups in total. The van der Waals surface area contributed by atoms with Gasteiger partial charge in [0, 0.05) is 54.7 Å². The first kappa shape index (κ1) is 20.0. The molecule has 6 nitrogen and oxygen atoms in total. The summed E-state index contributed by atoms with van der Waals surface area (Å²) in [6, 6.07) is 12.0. The number of hydrogen-bond donors (Lipinski definition) is 1. The summed E-state index contributed by atoms with van der Waals surface area (Å²) in [6.45, 7) is 6.91. The molecular formula is C24H26N4O2S. The number of carbonyl (C=O) groups is 2. The topological polar surface area (TPSA) is 59.6 Å². The Hall–Kier alpha value is -2.90. The van der Waals surface area contributed by atoms with Gasteiger partial charge in [-0.05, 0) is 36.0 Å². The molecule has 1 saturated heterocycles. The lowest BCUT2D eigenvalue weighted by atomic mass is 10.1. The van der Waals surface area contributed by atoms with Crippen molar-refractivity contribution >= 4 is 39.6 Å². The first-order valence-electron chi connectivity index (χ1n) is 10.8. The second kappa shape index (κ2) is 8.32. The third-order valence-corrected chi connectivity index (χ3v) is 7.21. The fourth-order valence-corrected chi connectivity index (χ4v) is 5.32. The van der Waals surface area contributed by atoms with E-state index in [0.29, 0.717) is 24.2 Å². The molecule has 2 aliphatic heterocycles. The third kappa shape index (κ3) is 3.58. The fourth-order valence-electron chi connectivity index (χ4n) is 4.56. The number of benzene rings is 1. The predicted molar refractivity (Wildman–Crippen MR) is 124 cm³/mol. The Morgan fingerprint density at radius 3 is 2.55 bits per heavy atom. The number of aromatic amines is 1. The molecule has 0 bridgehead atoms. The van der Waals surface area contributed by atoms with Crippen LogP contribution >= 0.6 is 11.3 Å². The summed E-state index contributed by atoms with van der Waals surface area (Å²) in [7, 11) is 0. The van der Waals surface area contributed by atoms with Gasteiger partial charge < -0.3 is 14.8 Å². The molecule has 7 heteroatoms. The van der Waals surface area contributed by atoms with E-state index in [1.165, 1.54) is 16.2 Å². The van der Waals surface area contributed by atoms with E-state index in [4.69, 9.17) is 0 Å². The van der Waals surface area contributed by atoms with E-state index in [2.05, 4.69) is 27.8 Å². The molecule has 2 aliphatic rings. The number of nitrogens with zero attached hydrogens (tertiary/aromatic N) is 3. The quantitative estimate of drug-likeness (QED) is 0.606. The third-order valence-electron chi connectivity index (χ3n) is 6.33. The molecule has 0 unspecified atom stereocenters. The van der Waals surface area contributed by atoms with Crippen molar-refractivity contribution < 1.29 is 9.59 Å². The maximum atomic E-state index is 13.5. The molecular weight excluding hydrogens is 408 g/mol. The second-order valence-electron chi connectivity index (χ2n) is 7.99. The lowest BCUT2D eigenvalue weighted by Gasteiger charge is -2.35.